The molecule has 138 valence electrons. The third-order valence-corrected chi connectivity index (χ3v) is 5.07. The summed E-state index contributed by atoms with van der Waals surface area (Å²) in [7, 11) is 1.64. The van der Waals surface area contributed by atoms with Crippen LogP contribution in [0.15, 0.2) is 59.1 Å². The number of likely N-dealkylation sites (tertiary alicyclic amines) is 1. The quantitative estimate of drug-likeness (QED) is 0.750. The molecule has 0 saturated carbocycles. The summed E-state index contributed by atoms with van der Waals surface area (Å²) >= 11 is 3.43. The van der Waals surface area contributed by atoms with Crippen molar-refractivity contribution >= 4 is 27.7 Å². The van der Waals surface area contributed by atoms with Crippen molar-refractivity contribution in [1.82, 2.24) is 4.90 Å². The number of anilines is 1. The number of hydrogen-bond acceptors (Lipinski definition) is 4. The van der Waals surface area contributed by atoms with Crippen molar-refractivity contribution in [3.63, 3.8) is 0 Å². The SMILES string of the molecule is COC1C(CNc2ccc(Br)cc2)CCN1C(=O)OCc1ccccc1. The Hall–Kier alpha value is -2.05. The molecule has 1 heterocycles. The average molecular weight is 419 g/mol. The van der Waals surface area contributed by atoms with Crippen LogP contribution in [0.1, 0.15) is 12.0 Å². The number of rotatable bonds is 6. The van der Waals surface area contributed by atoms with E-state index in [9.17, 15) is 4.79 Å². The van der Waals surface area contributed by atoms with Gasteiger partial charge in [0.1, 0.15) is 12.8 Å². The van der Waals surface area contributed by atoms with Gasteiger partial charge in [-0.1, -0.05) is 46.3 Å². The zero-order chi connectivity index (χ0) is 18.4. The number of amides is 1. The molecule has 1 amide bonds. The summed E-state index contributed by atoms with van der Waals surface area (Å²) in [6, 6.07) is 17.7. The Balaban J connectivity index is 1.52. The first-order valence-corrected chi connectivity index (χ1v) is 9.46. The lowest BCUT2D eigenvalue weighted by molar-refractivity contribution is -0.0271. The van der Waals surface area contributed by atoms with E-state index in [2.05, 4.69) is 21.2 Å². The maximum absolute atomic E-state index is 12.4. The summed E-state index contributed by atoms with van der Waals surface area (Å²) in [6.07, 6.45) is 0.274. The van der Waals surface area contributed by atoms with E-state index < -0.39 is 0 Å². The van der Waals surface area contributed by atoms with Gasteiger partial charge in [0, 0.05) is 36.3 Å². The Labute approximate surface area is 162 Å². The zero-order valence-corrected chi connectivity index (χ0v) is 16.3. The van der Waals surface area contributed by atoms with Gasteiger partial charge in [-0.2, -0.15) is 0 Å². The summed E-state index contributed by atoms with van der Waals surface area (Å²) < 4.78 is 12.1. The third kappa shape index (κ3) is 4.77. The Morgan fingerprint density at radius 2 is 1.92 bits per heavy atom. The molecule has 2 aromatic carbocycles. The second kappa shape index (κ2) is 9.05. The van der Waals surface area contributed by atoms with Crippen LogP contribution in [0.5, 0.6) is 0 Å². The molecule has 26 heavy (non-hydrogen) atoms. The largest absolute Gasteiger partial charge is 0.444 e. The zero-order valence-electron chi connectivity index (χ0n) is 14.7. The average Bonchev–Trinajstić information content (AvgIpc) is 3.09. The number of methoxy groups -OCH3 is 1. The molecule has 1 saturated heterocycles. The third-order valence-electron chi connectivity index (χ3n) is 4.54. The van der Waals surface area contributed by atoms with Crippen molar-refractivity contribution in [1.29, 1.82) is 0 Å². The van der Waals surface area contributed by atoms with E-state index in [0.29, 0.717) is 6.54 Å². The first kappa shape index (κ1) is 18.7. The molecular weight excluding hydrogens is 396 g/mol. The Bertz CT molecular complexity index is 709. The van der Waals surface area contributed by atoms with Gasteiger partial charge >= 0.3 is 6.09 Å². The van der Waals surface area contributed by atoms with Gasteiger partial charge in [0.15, 0.2) is 0 Å². The van der Waals surface area contributed by atoms with Crippen LogP contribution in [0.2, 0.25) is 0 Å². The number of carbonyl (C=O) groups excluding carboxylic acids is 1. The first-order chi connectivity index (χ1) is 12.7. The molecule has 0 aromatic heterocycles. The van der Waals surface area contributed by atoms with Crippen LogP contribution < -0.4 is 5.32 Å². The van der Waals surface area contributed by atoms with Crippen LogP contribution in [0, 0.1) is 5.92 Å². The number of nitrogens with one attached hydrogen (secondary N) is 1. The molecule has 1 N–H and O–H groups in total. The van der Waals surface area contributed by atoms with Gasteiger partial charge in [-0.3, -0.25) is 4.90 Å². The Kier molecular flexibility index (Phi) is 6.52. The number of carbonyl (C=O) groups is 1. The molecule has 5 nitrogen and oxygen atoms in total. The maximum atomic E-state index is 12.4. The predicted molar refractivity (Wildman–Crippen MR) is 105 cm³/mol. The summed E-state index contributed by atoms with van der Waals surface area (Å²) in [4.78, 5) is 14.1. The van der Waals surface area contributed by atoms with Crippen LogP contribution >= 0.6 is 15.9 Å². The highest BCUT2D eigenvalue weighted by atomic mass is 79.9. The molecule has 1 aliphatic heterocycles. The monoisotopic (exact) mass is 418 g/mol. The van der Waals surface area contributed by atoms with Crippen LogP contribution in [-0.4, -0.2) is 37.4 Å². The van der Waals surface area contributed by atoms with Crippen molar-refractivity contribution in [2.75, 3.05) is 25.5 Å². The highest BCUT2D eigenvalue weighted by Gasteiger charge is 2.38. The fourth-order valence-electron chi connectivity index (χ4n) is 3.17. The Morgan fingerprint density at radius 3 is 2.62 bits per heavy atom. The molecule has 0 spiro atoms. The van der Waals surface area contributed by atoms with Gasteiger partial charge in [-0.05, 0) is 36.2 Å². The first-order valence-electron chi connectivity index (χ1n) is 8.67. The minimum absolute atomic E-state index is 0.216. The van der Waals surface area contributed by atoms with Gasteiger partial charge in [0.05, 0.1) is 0 Å². The lowest BCUT2D eigenvalue weighted by Gasteiger charge is -2.26. The number of ether oxygens (including phenoxy) is 2. The number of halogens is 1. The molecule has 1 fully saturated rings. The van der Waals surface area contributed by atoms with Crippen LogP contribution in [0.3, 0.4) is 0 Å². The maximum Gasteiger partial charge on any atom is 0.412 e. The van der Waals surface area contributed by atoms with E-state index in [1.165, 1.54) is 0 Å². The summed E-state index contributed by atoms with van der Waals surface area (Å²) in [6.45, 7) is 1.65. The van der Waals surface area contributed by atoms with Crippen LogP contribution in [0.4, 0.5) is 10.5 Å². The molecule has 0 aliphatic carbocycles. The molecular formula is C20H23BrN2O3. The van der Waals surface area contributed by atoms with Gasteiger partial charge in [0.25, 0.3) is 0 Å². The van der Waals surface area contributed by atoms with Gasteiger partial charge in [-0.15, -0.1) is 0 Å². The molecule has 2 aromatic rings. The van der Waals surface area contributed by atoms with Gasteiger partial charge in [0.2, 0.25) is 0 Å². The molecule has 6 heteroatoms. The van der Waals surface area contributed by atoms with Crippen molar-refractivity contribution in [2.24, 2.45) is 5.92 Å². The van der Waals surface area contributed by atoms with Crippen molar-refractivity contribution < 1.29 is 14.3 Å². The van der Waals surface area contributed by atoms with Gasteiger partial charge in [-0.25, -0.2) is 4.79 Å². The van der Waals surface area contributed by atoms with Crippen LogP contribution in [-0.2, 0) is 16.1 Å². The van der Waals surface area contributed by atoms with E-state index >= 15 is 0 Å². The molecule has 1 aliphatic rings. The molecule has 2 unspecified atom stereocenters. The van der Waals surface area contributed by atoms with Crippen molar-refractivity contribution in [3.05, 3.63) is 64.6 Å². The van der Waals surface area contributed by atoms with Crippen molar-refractivity contribution in [3.8, 4) is 0 Å². The fourth-order valence-corrected chi connectivity index (χ4v) is 3.43. The summed E-state index contributed by atoms with van der Waals surface area (Å²) in [5, 5.41) is 3.42. The molecule has 2 atom stereocenters. The van der Waals surface area contributed by atoms with Crippen molar-refractivity contribution in [2.45, 2.75) is 19.3 Å². The van der Waals surface area contributed by atoms with E-state index in [0.717, 1.165) is 28.7 Å². The lowest BCUT2D eigenvalue weighted by atomic mass is 10.1. The van der Waals surface area contributed by atoms with E-state index in [-0.39, 0.29) is 24.8 Å². The minimum atomic E-state index is -0.327. The van der Waals surface area contributed by atoms with E-state index in [1.807, 2.05) is 54.6 Å². The lowest BCUT2D eigenvalue weighted by Crippen LogP contribution is -2.40. The normalized spacial score (nSPS) is 19.4. The second-order valence-electron chi connectivity index (χ2n) is 6.30. The second-order valence-corrected chi connectivity index (χ2v) is 7.21. The summed E-state index contributed by atoms with van der Waals surface area (Å²) in [5.41, 5.74) is 2.02. The minimum Gasteiger partial charge on any atom is -0.444 e. The van der Waals surface area contributed by atoms with Gasteiger partial charge < -0.3 is 14.8 Å². The Morgan fingerprint density at radius 1 is 1.19 bits per heavy atom. The smallest absolute Gasteiger partial charge is 0.412 e. The molecule has 0 bridgehead atoms. The highest BCUT2D eigenvalue weighted by molar-refractivity contribution is 9.10. The highest BCUT2D eigenvalue weighted by Crippen LogP contribution is 2.26. The topological polar surface area (TPSA) is 50.8 Å². The number of nitrogens with zero attached hydrogens (tertiary/aromatic N) is 1. The molecule has 0 radical (unpaired) electrons. The standard InChI is InChI=1S/C20H23BrN2O3/c1-25-19-16(13-22-18-9-7-17(21)8-10-18)11-12-23(19)20(24)26-14-15-5-3-2-4-6-15/h2-10,16,19,22H,11-14H2,1H3. The number of hydrogen-bond donors (Lipinski definition) is 1. The predicted octanol–water partition coefficient (Wildman–Crippen LogP) is 4.49. The van der Waals surface area contributed by atoms with E-state index in [1.54, 1.807) is 12.0 Å². The number of benzene rings is 2. The van der Waals surface area contributed by atoms with E-state index in [4.69, 9.17) is 9.47 Å². The molecule has 3 rings (SSSR count). The summed E-state index contributed by atoms with van der Waals surface area (Å²) in [5.74, 6) is 0.216. The van der Waals surface area contributed by atoms with Crippen LogP contribution in [0.25, 0.3) is 0 Å². The fraction of sp³-hybridized carbons (Fsp3) is 0.350.